The number of rotatable bonds is 5. The van der Waals surface area contributed by atoms with Gasteiger partial charge in [0.1, 0.15) is 5.82 Å². The van der Waals surface area contributed by atoms with Gasteiger partial charge in [0, 0.05) is 44.7 Å². The third-order valence-electron chi connectivity index (χ3n) is 4.45. The summed E-state index contributed by atoms with van der Waals surface area (Å²) in [6.07, 6.45) is 0. The Kier molecular flexibility index (Phi) is 7.45. The highest BCUT2D eigenvalue weighted by Gasteiger charge is 2.22. The van der Waals surface area contributed by atoms with Gasteiger partial charge in [-0.3, -0.25) is 9.79 Å². The second kappa shape index (κ2) is 9.58. The molecule has 0 spiro atoms. The Bertz CT molecular complexity index is 648. The van der Waals surface area contributed by atoms with Gasteiger partial charge in [0.25, 0.3) is 0 Å². The molecule has 150 valence electrons. The number of hydrogen-bond acceptors (Lipinski definition) is 3. The van der Waals surface area contributed by atoms with Crippen molar-refractivity contribution in [2.75, 3.05) is 50.7 Å². The van der Waals surface area contributed by atoms with E-state index in [0.717, 1.165) is 38.7 Å². The first-order chi connectivity index (χ1) is 12.8. The number of guanidine groups is 1. The number of anilines is 1. The predicted octanol–water partition coefficient (Wildman–Crippen LogP) is 2.08. The number of aliphatic imine (C=N–C) groups is 1. The van der Waals surface area contributed by atoms with Crippen LogP contribution in [0.3, 0.4) is 0 Å². The molecule has 0 unspecified atom stereocenters. The molecule has 2 N–H and O–H groups in total. The third kappa shape index (κ3) is 6.12. The minimum atomic E-state index is -0.392. The smallest absolute Gasteiger partial charge is 0.225 e. The fraction of sp³-hybridized carbons (Fsp3) is 0.600. The fourth-order valence-corrected chi connectivity index (χ4v) is 2.89. The molecular weight excluding hydrogens is 345 g/mol. The summed E-state index contributed by atoms with van der Waals surface area (Å²) in [5, 5.41) is 6.22. The lowest BCUT2D eigenvalue weighted by Crippen LogP contribution is -2.53. The summed E-state index contributed by atoms with van der Waals surface area (Å²) >= 11 is 0. The molecule has 0 bridgehead atoms. The van der Waals surface area contributed by atoms with Crippen LogP contribution >= 0.6 is 0 Å². The van der Waals surface area contributed by atoms with Gasteiger partial charge in [-0.1, -0.05) is 32.9 Å². The van der Waals surface area contributed by atoms with Crippen LogP contribution in [0.5, 0.6) is 0 Å². The Morgan fingerprint density at radius 2 is 1.81 bits per heavy atom. The molecule has 0 atom stereocenters. The summed E-state index contributed by atoms with van der Waals surface area (Å²) in [7, 11) is 0. The zero-order chi connectivity index (χ0) is 19.9. The lowest BCUT2D eigenvalue weighted by molar-refractivity contribution is -0.128. The molecule has 27 heavy (non-hydrogen) atoms. The molecule has 6 nitrogen and oxygen atoms in total. The summed E-state index contributed by atoms with van der Waals surface area (Å²) in [6.45, 7) is 12.6. The average molecular weight is 378 g/mol. The number of nitrogens with one attached hydrogen (secondary N) is 2. The number of halogens is 1. The number of amides is 1. The standard InChI is InChI=1S/C20H32FN5O/c1-5-22-19(24-11-10-23-18(27)20(2,3)4)26-14-12-25(13-15-26)17-9-7-6-8-16(17)21/h6-9H,5,10-15H2,1-4H3,(H,22,24)(H,23,27). The maximum absolute atomic E-state index is 14.0. The lowest BCUT2D eigenvalue weighted by Gasteiger charge is -2.37. The van der Waals surface area contributed by atoms with Crippen LogP contribution < -0.4 is 15.5 Å². The van der Waals surface area contributed by atoms with E-state index in [1.165, 1.54) is 6.07 Å². The van der Waals surface area contributed by atoms with E-state index in [2.05, 4.69) is 25.4 Å². The van der Waals surface area contributed by atoms with Crippen molar-refractivity contribution < 1.29 is 9.18 Å². The number of carbonyl (C=O) groups excluding carboxylic acids is 1. The van der Waals surface area contributed by atoms with Crippen LogP contribution in [0.25, 0.3) is 0 Å². The van der Waals surface area contributed by atoms with Crippen molar-refractivity contribution in [1.29, 1.82) is 0 Å². The van der Waals surface area contributed by atoms with Crippen LogP contribution in [0.2, 0.25) is 0 Å². The van der Waals surface area contributed by atoms with E-state index in [0.29, 0.717) is 18.8 Å². The minimum absolute atomic E-state index is 0.0289. The molecule has 2 rings (SSSR count). The summed E-state index contributed by atoms with van der Waals surface area (Å²) in [5.74, 6) is 0.693. The maximum Gasteiger partial charge on any atom is 0.225 e. The molecule has 0 aliphatic carbocycles. The van der Waals surface area contributed by atoms with Crippen LogP contribution in [0, 0.1) is 11.2 Å². The second-order valence-electron chi connectivity index (χ2n) is 7.67. The van der Waals surface area contributed by atoms with Crippen LogP contribution in [-0.4, -0.2) is 62.6 Å². The number of para-hydroxylation sites is 1. The molecule has 1 aromatic carbocycles. The number of carbonyl (C=O) groups is 1. The molecule has 1 heterocycles. The van der Waals surface area contributed by atoms with Crippen molar-refractivity contribution >= 4 is 17.6 Å². The second-order valence-corrected chi connectivity index (χ2v) is 7.67. The minimum Gasteiger partial charge on any atom is -0.366 e. The molecule has 7 heteroatoms. The Hall–Kier alpha value is -2.31. The largest absolute Gasteiger partial charge is 0.366 e. The van der Waals surface area contributed by atoms with Crippen molar-refractivity contribution in [3.8, 4) is 0 Å². The molecule has 0 aromatic heterocycles. The molecule has 0 saturated carbocycles. The first-order valence-electron chi connectivity index (χ1n) is 9.64. The highest BCUT2D eigenvalue weighted by Crippen LogP contribution is 2.20. The topological polar surface area (TPSA) is 60.0 Å². The van der Waals surface area contributed by atoms with Gasteiger partial charge in [0.2, 0.25) is 5.91 Å². The van der Waals surface area contributed by atoms with Crippen LogP contribution in [0.15, 0.2) is 29.3 Å². The monoisotopic (exact) mass is 377 g/mol. The molecule has 0 radical (unpaired) electrons. The van der Waals surface area contributed by atoms with Gasteiger partial charge in [-0.2, -0.15) is 0 Å². The highest BCUT2D eigenvalue weighted by atomic mass is 19.1. The predicted molar refractivity (Wildman–Crippen MR) is 109 cm³/mol. The normalized spacial score (nSPS) is 15.7. The van der Waals surface area contributed by atoms with Crippen molar-refractivity contribution in [3.05, 3.63) is 30.1 Å². The van der Waals surface area contributed by atoms with Crippen LogP contribution in [0.1, 0.15) is 27.7 Å². The van der Waals surface area contributed by atoms with Gasteiger partial charge in [-0.25, -0.2) is 4.39 Å². The molecule has 1 amide bonds. The van der Waals surface area contributed by atoms with Gasteiger partial charge < -0.3 is 20.4 Å². The third-order valence-corrected chi connectivity index (χ3v) is 4.45. The highest BCUT2D eigenvalue weighted by molar-refractivity contribution is 5.82. The molecule has 1 saturated heterocycles. The van der Waals surface area contributed by atoms with Gasteiger partial charge >= 0.3 is 0 Å². The van der Waals surface area contributed by atoms with E-state index in [4.69, 9.17) is 0 Å². The van der Waals surface area contributed by atoms with Crippen molar-refractivity contribution in [2.45, 2.75) is 27.7 Å². The van der Waals surface area contributed by atoms with E-state index in [1.54, 1.807) is 6.07 Å². The van der Waals surface area contributed by atoms with Crippen molar-refractivity contribution in [3.63, 3.8) is 0 Å². The van der Waals surface area contributed by atoms with E-state index < -0.39 is 5.41 Å². The van der Waals surface area contributed by atoms with Gasteiger partial charge in [0.15, 0.2) is 5.96 Å². The van der Waals surface area contributed by atoms with Crippen LogP contribution in [-0.2, 0) is 4.79 Å². The molecule has 1 aliphatic heterocycles. The zero-order valence-electron chi connectivity index (χ0n) is 16.9. The number of benzene rings is 1. The van der Waals surface area contributed by atoms with E-state index in [1.807, 2.05) is 39.8 Å². The Morgan fingerprint density at radius 3 is 2.41 bits per heavy atom. The Labute approximate surface area is 161 Å². The summed E-state index contributed by atoms with van der Waals surface area (Å²) in [4.78, 5) is 20.8. The zero-order valence-corrected chi connectivity index (χ0v) is 16.9. The molecule has 1 aliphatic rings. The molecule has 1 aromatic rings. The Balaban J connectivity index is 1.88. The average Bonchev–Trinajstić information content (AvgIpc) is 2.64. The Morgan fingerprint density at radius 1 is 1.15 bits per heavy atom. The number of piperazine rings is 1. The molecular formula is C20H32FN5O. The summed E-state index contributed by atoms with van der Waals surface area (Å²) in [6, 6.07) is 6.90. The van der Waals surface area contributed by atoms with Crippen molar-refractivity contribution in [1.82, 2.24) is 15.5 Å². The first kappa shape index (κ1) is 21.0. The van der Waals surface area contributed by atoms with E-state index in [-0.39, 0.29) is 11.7 Å². The number of hydrogen-bond donors (Lipinski definition) is 2. The molecule has 1 fully saturated rings. The first-order valence-corrected chi connectivity index (χ1v) is 9.64. The van der Waals surface area contributed by atoms with E-state index >= 15 is 0 Å². The van der Waals surface area contributed by atoms with Gasteiger partial charge in [0.05, 0.1) is 12.2 Å². The van der Waals surface area contributed by atoms with Gasteiger partial charge in [-0.05, 0) is 19.1 Å². The summed E-state index contributed by atoms with van der Waals surface area (Å²) in [5.41, 5.74) is 0.265. The van der Waals surface area contributed by atoms with E-state index in [9.17, 15) is 9.18 Å². The van der Waals surface area contributed by atoms with Crippen LogP contribution in [0.4, 0.5) is 10.1 Å². The van der Waals surface area contributed by atoms with Gasteiger partial charge in [-0.15, -0.1) is 0 Å². The quantitative estimate of drug-likeness (QED) is 0.469. The maximum atomic E-state index is 14.0. The lowest BCUT2D eigenvalue weighted by atomic mass is 9.96. The fourth-order valence-electron chi connectivity index (χ4n) is 2.89. The SMILES string of the molecule is CCNC(=NCCNC(=O)C(C)(C)C)N1CCN(c2ccccc2F)CC1. The summed E-state index contributed by atoms with van der Waals surface area (Å²) < 4.78 is 14.0. The number of nitrogens with zero attached hydrogens (tertiary/aromatic N) is 3. The van der Waals surface area contributed by atoms with Crippen molar-refractivity contribution in [2.24, 2.45) is 10.4 Å².